The molecule has 0 amide bonds. The number of carbonyl (C=O) groups excluding carboxylic acids is 1. The van der Waals surface area contributed by atoms with Crippen LogP contribution >= 0.6 is 0 Å². The number of carbonyl (C=O) groups is 1. The highest BCUT2D eigenvalue weighted by Crippen LogP contribution is 2.34. The van der Waals surface area contributed by atoms with E-state index in [9.17, 15) is 4.79 Å². The first-order valence-corrected chi connectivity index (χ1v) is 6.51. The van der Waals surface area contributed by atoms with Crippen molar-refractivity contribution in [3.63, 3.8) is 0 Å². The monoisotopic (exact) mass is 290 g/mol. The maximum Gasteiger partial charge on any atom is 0.513 e. The number of ether oxygens (including phenoxy) is 2. The molecule has 1 aromatic carbocycles. The highest BCUT2D eigenvalue weighted by atomic mass is 17.5. The fourth-order valence-corrected chi connectivity index (χ4v) is 1.95. The third-order valence-electron chi connectivity index (χ3n) is 3.39. The van der Waals surface area contributed by atoms with Crippen LogP contribution in [0.25, 0.3) is 0 Å². The fraction of sp³-hybridized carbons (Fsp3) is 0.312. The van der Waals surface area contributed by atoms with E-state index in [-0.39, 0.29) is 0 Å². The smallest absolute Gasteiger partial charge is 0.426 e. The quantitative estimate of drug-likeness (QED) is 0.347. The summed E-state index contributed by atoms with van der Waals surface area (Å²) in [5, 5.41) is 0. The van der Waals surface area contributed by atoms with Crippen molar-refractivity contribution in [2.24, 2.45) is 0 Å². The summed E-state index contributed by atoms with van der Waals surface area (Å²) >= 11 is 0. The molecule has 21 heavy (non-hydrogen) atoms. The maximum atomic E-state index is 11.8. The lowest BCUT2D eigenvalue weighted by molar-refractivity contribution is -0.0363. The molecular weight excluding hydrogens is 272 g/mol. The molecule has 1 aliphatic rings. The van der Waals surface area contributed by atoms with E-state index >= 15 is 0 Å². The Balaban J connectivity index is 2.07. The van der Waals surface area contributed by atoms with Gasteiger partial charge in [-0.1, -0.05) is 63.4 Å². The molecule has 1 saturated heterocycles. The van der Waals surface area contributed by atoms with Gasteiger partial charge in [0.2, 0.25) is 0 Å². The van der Waals surface area contributed by atoms with Gasteiger partial charge in [0, 0.05) is 11.5 Å². The van der Waals surface area contributed by atoms with Crippen LogP contribution in [0.4, 0.5) is 4.79 Å². The standard InChI is InChI=1S/C16H18O5/c1-5-13(15(3,4)12-10-8-7-9-11-12)18-14(17)19-16(6-2)20-21-16/h5-11,13H,1-2H2,3-4H3. The Morgan fingerprint density at radius 3 is 2.38 bits per heavy atom. The molecule has 1 aliphatic heterocycles. The normalized spacial score (nSPS) is 17.4. The molecule has 0 bridgehead atoms. The van der Waals surface area contributed by atoms with E-state index in [1.165, 1.54) is 6.08 Å². The second kappa shape index (κ2) is 5.71. The number of hydrogen-bond acceptors (Lipinski definition) is 5. The van der Waals surface area contributed by atoms with Crippen LogP contribution in [0.15, 0.2) is 55.6 Å². The lowest BCUT2D eigenvalue weighted by Gasteiger charge is -2.31. The van der Waals surface area contributed by atoms with Crippen molar-refractivity contribution in [1.29, 1.82) is 0 Å². The zero-order valence-corrected chi connectivity index (χ0v) is 12.1. The average molecular weight is 290 g/mol. The van der Waals surface area contributed by atoms with Crippen molar-refractivity contribution in [2.45, 2.75) is 31.3 Å². The van der Waals surface area contributed by atoms with Crippen LogP contribution in [0.2, 0.25) is 0 Å². The summed E-state index contributed by atoms with van der Waals surface area (Å²) in [7, 11) is 0. The summed E-state index contributed by atoms with van der Waals surface area (Å²) < 4.78 is 10.2. The van der Waals surface area contributed by atoms with E-state index in [1.54, 1.807) is 6.08 Å². The minimum absolute atomic E-state index is 0.464. The van der Waals surface area contributed by atoms with E-state index in [0.717, 1.165) is 5.56 Å². The molecule has 0 spiro atoms. The first kappa shape index (κ1) is 15.3. The number of benzene rings is 1. The van der Waals surface area contributed by atoms with Gasteiger partial charge in [0.25, 0.3) is 0 Å². The lowest BCUT2D eigenvalue weighted by Crippen LogP contribution is -2.37. The average Bonchev–Trinajstić information content (AvgIpc) is 3.25. The molecule has 0 aliphatic carbocycles. The summed E-state index contributed by atoms with van der Waals surface area (Å²) in [5.74, 6) is -1.51. The summed E-state index contributed by atoms with van der Waals surface area (Å²) in [6.07, 6.45) is 1.29. The molecule has 0 radical (unpaired) electrons. The molecule has 0 aromatic heterocycles. The molecule has 1 unspecified atom stereocenters. The molecule has 0 N–H and O–H groups in total. The van der Waals surface area contributed by atoms with Gasteiger partial charge in [-0.2, -0.15) is 0 Å². The minimum atomic E-state index is -1.51. The Morgan fingerprint density at radius 1 is 1.29 bits per heavy atom. The Hall–Kier alpha value is -2.11. The van der Waals surface area contributed by atoms with Gasteiger partial charge in [0.15, 0.2) is 0 Å². The molecule has 5 heteroatoms. The molecule has 1 heterocycles. The van der Waals surface area contributed by atoms with Gasteiger partial charge in [0.05, 0.1) is 0 Å². The SMILES string of the molecule is C=CC(OC(=O)OC1(C=C)OO1)C(C)(C)c1ccccc1. The van der Waals surface area contributed by atoms with E-state index in [1.807, 2.05) is 44.2 Å². The molecule has 5 nitrogen and oxygen atoms in total. The Bertz CT molecular complexity index is 531. The third kappa shape index (κ3) is 3.32. The molecule has 1 aromatic rings. The second-order valence-electron chi connectivity index (χ2n) is 5.19. The highest BCUT2D eigenvalue weighted by molar-refractivity contribution is 5.61. The molecule has 1 atom stereocenters. The Labute approximate surface area is 123 Å². The van der Waals surface area contributed by atoms with Crippen molar-refractivity contribution >= 4 is 6.16 Å². The van der Waals surface area contributed by atoms with Gasteiger partial charge < -0.3 is 9.47 Å². The van der Waals surface area contributed by atoms with Gasteiger partial charge in [-0.25, -0.2) is 4.79 Å². The van der Waals surface area contributed by atoms with Crippen LogP contribution in [0, 0.1) is 0 Å². The van der Waals surface area contributed by atoms with E-state index in [2.05, 4.69) is 22.9 Å². The molecule has 1 fully saturated rings. The molecule has 112 valence electrons. The summed E-state index contributed by atoms with van der Waals surface area (Å²) in [4.78, 5) is 20.9. The maximum absolute atomic E-state index is 11.8. The van der Waals surface area contributed by atoms with Gasteiger partial charge in [-0.05, 0) is 5.56 Å². The number of hydrogen-bond donors (Lipinski definition) is 0. The van der Waals surface area contributed by atoms with Crippen molar-refractivity contribution < 1.29 is 24.0 Å². The largest absolute Gasteiger partial charge is 0.513 e. The second-order valence-corrected chi connectivity index (χ2v) is 5.19. The van der Waals surface area contributed by atoms with Crippen LogP contribution in [-0.4, -0.2) is 18.2 Å². The van der Waals surface area contributed by atoms with Crippen molar-refractivity contribution in [2.75, 3.05) is 0 Å². The fourth-order valence-electron chi connectivity index (χ4n) is 1.95. The van der Waals surface area contributed by atoms with Crippen LogP contribution in [-0.2, 0) is 24.7 Å². The zero-order valence-electron chi connectivity index (χ0n) is 12.1. The predicted molar refractivity (Wildman–Crippen MR) is 76.1 cm³/mol. The molecule has 2 rings (SSSR count). The van der Waals surface area contributed by atoms with E-state index in [4.69, 9.17) is 9.47 Å². The van der Waals surface area contributed by atoms with Gasteiger partial charge in [-0.3, -0.25) is 0 Å². The van der Waals surface area contributed by atoms with Crippen molar-refractivity contribution in [3.8, 4) is 0 Å². The van der Waals surface area contributed by atoms with Crippen molar-refractivity contribution in [1.82, 2.24) is 0 Å². The summed E-state index contributed by atoms with van der Waals surface area (Å²) in [6, 6.07) is 9.70. The number of rotatable bonds is 6. The van der Waals surface area contributed by atoms with Crippen molar-refractivity contribution in [3.05, 3.63) is 61.2 Å². The van der Waals surface area contributed by atoms with Gasteiger partial charge in [-0.15, -0.1) is 9.78 Å². The Morgan fingerprint density at radius 2 is 1.90 bits per heavy atom. The van der Waals surface area contributed by atoms with Crippen LogP contribution in [0.5, 0.6) is 0 Å². The molecule has 0 saturated carbocycles. The first-order valence-electron chi connectivity index (χ1n) is 6.51. The first-order chi connectivity index (χ1) is 9.93. The minimum Gasteiger partial charge on any atom is -0.426 e. The predicted octanol–water partition coefficient (Wildman–Crippen LogP) is 3.47. The zero-order chi connectivity index (χ0) is 15.5. The topological polar surface area (TPSA) is 60.6 Å². The lowest BCUT2D eigenvalue weighted by atomic mass is 9.79. The van der Waals surface area contributed by atoms with Gasteiger partial charge in [0.1, 0.15) is 6.10 Å². The molecular formula is C16H18O5. The highest BCUT2D eigenvalue weighted by Gasteiger charge is 2.52. The Kier molecular flexibility index (Phi) is 4.16. The van der Waals surface area contributed by atoms with Crippen LogP contribution in [0.3, 0.4) is 0 Å². The van der Waals surface area contributed by atoms with E-state index in [0.29, 0.717) is 0 Å². The third-order valence-corrected chi connectivity index (χ3v) is 3.39. The van der Waals surface area contributed by atoms with Gasteiger partial charge >= 0.3 is 12.1 Å². The van der Waals surface area contributed by atoms with E-state index < -0.39 is 23.6 Å². The van der Waals surface area contributed by atoms with Crippen LogP contribution < -0.4 is 0 Å². The van der Waals surface area contributed by atoms with Crippen LogP contribution in [0.1, 0.15) is 19.4 Å². The summed E-state index contributed by atoms with van der Waals surface area (Å²) in [6.45, 7) is 11.1. The summed E-state index contributed by atoms with van der Waals surface area (Å²) in [5.41, 5.74) is 0.550.